The number of esters is 1. The topological polar surface area (TPSA) is 74.2 Å². The summed E-state index contributed by atoms with van der Waals surface area (Å²) in [6.07, 6.45) is 0. The lowest BCUT2D eigenvalue weighted by Crippen LogP contribution is -2.57. The minimum Gasteiger partial charge on any atom is -0.465 e. The lowest BCUT2D eigenvalue weighted by molar-refractivity contribution is -0.153. The molecule has 0 bridgehead atoms. The van der Waals surface area contributed by atoms with Gasteiger partial charge in [0.15, 0.2) is 5.92 Å². The van der Waals surface area contributed by atoms with Crippen molar-refractivity contribution in [2.45, 2.75) is 13.0 Å². The molecule has 1 N–H and O–H groups in total. The Kier molecular flexibility index (Phi) is 6.60. The Hall–Kier alpha value is -3.13. The number of benzene rings is 2. The second kappa shape index (κ2) is 9.56. The van der Waals surface area contributed by atoms with Crippen LogP contribution in [0.15, 0.2) is 53.5 Å². The van der Waals surface area contributed by atoms with Crippen LogP contribution >= 0.6 is 11.6 Å². The van der Waals surface area contributed by atoms with Gasteiger partial charge in [-0.1, -0.05) is 35.9 Å². The zero-order chi connectivity index (χ0) is 22.7. The fourth-order valence-electron chi connectivity index (χ4n) is 4.02. The minimum absolute atomic E-state index is 0.166. The molecule has 0 aromatic heterocycles. The van der Waals surface area contributed by atoms with Crippen molar-refractivity contribution in [2.24, 2.45) is 10.9 Å². The van der Waals surface area contributed by atoms with E-state index in [0.29, 0.717) is 48.4 Å². The van der Waals surface area contributed by atoms with Crippen molar-refractivity contribution in [3.63, 3.8) is 0 Å². The van der Waals surface area contributed by atoms with E-state index in [-0.39, 0.29) is 12.4 Å². The van der Waals surface area contributed by atoms with Crippen LogP contribution in [0.3, 0.4) is 0 Å². The second-order valence-corrected chi connectivity index (χ2v) is 8.03. The molecular formula is C23H24ClFN4O3. The van der Waals surface area contributed by atoms with Gasteiger partial charge in [0.25, 0.3) is 0 Å². The Bertz CT molecular complexity index is 1040. The predicted molar refractivity (Wildman–Crippen MR) is 120 cm³/mol. The molecule has 0 saturated carbocycles. The number of aliphatic imine (C=N–C) groups is 1. The maximum Gasteiger partial charge on any atom is 0.321 e. The number of carbonyl (C=O) groups is 2. The predicted octanol–water partition coefficient (Wildman–Crippen LogP) is 3.01. The molecule has 1 amide bonds. The molecule has 32 heavy (non-hydrogen) atoms. The first-order valence-electron chi connectivity index (χ1n) is 10.5. The average Bonchev–Trinajstić information content (AvgIpc) is 2.79. The van der Waals surface area contributed by atoms with Crippen LogP contribution in [-0.2, 0) is 14.3 Å². The molecule has 2 aliphatic rings. The number of halogens is 2. The molecule has 0 unspecified atom stereocenters. The number of hydrogen-bond donors (Lipinski definition) is 1. The third-order valence-electron chi connectivity index (χ3n) is 5.60. The number of anilines is 1. The van der Waals surface area contributed by atoms with Crippen LogP contribution < -0.4 is 10.2 Å². The molecule has 0 spiro atoms. The molecule has 2 atom stereocenters. The van der Waals surface area contributed by atoms with Crippen LogP contribution in [0.5, 0.6) is 0 Å². The molecule has 9 heteroatoms. The van der Waals surface area contributed by atoms with E-state index in [2.05, 4.69) is 5.32 Å². The molecule has 2 heterocycles. The normalized spacial score (nSPS) is 21.1. The van der Waals surface area contributed by atoms with Gasteiger partial charge in [-0.25, -0.2) is 9.38 Å². The molecule has 1 fully saturated rings. The van der Waals surface area contributed by atoms with E-state index in [1.165, 1.54) is 6.07 Å². The van der Waals surface area contributed by atoms with Gasteiger partial charge in [-0.3, -0.25) is 14.9 Å². The number of rotatable bonds is 4. The van der Waals surface area contributed by atoms with Crippen molar-refractivity contribution >= 4 is 35.1 Å². The molecule has 7 nitrogen and oxygen atoms in total. The summed E-state index contributed by atoms with van der Waals surface area (Å²) < 4.78 is 19.3. The molecule has 1 saturated heterocycles. The summed E-state index contributed by atoms with van der Waals surface area (Å²) in [4.78, 5) is 34.1. The van der Waals surface area contributed by atoms with Crippen molar-refractivity contribution in [1.82, 2.24) is 10.2 Å². The van der Waals surface area contributed by atoms with Crippen molar-refractivity contribution in [3.05, 3.63) is 64.9 Å². The van der Waals surface area contributed by atoms with Crippen LogP contribution in [0, 0.1) is 11.7 Å². The lowest BCUT2D eigenvalue weighted by atomic mass is 9.91. The Labute approximate surface area is 190 Å². The molecule has 2 aliphatic heterocycles. The Morgan fingerprint density at radius 2 is 1.88 bits per heavy atom. The fraction of sp³-hybridized carbons (Fsp3) is 0.348. The summed E-state index contributed by atoms with van der Waals surface area (Å²) in [5, 5.41) is 3.26. The molecule has 0 aliphatic carbocycles. The van der Waals surface area contributed by atoms with E-state index in [9.17, 15) is 14.0 Å². The number of piperazine rings is 1. The maximum atomic E-state index is 14.1. The van der Waals surface area contributed by atoms with Gasteiger partial charge in [-0.15, -0.1) is 0 Å². The van der Waals surface area contributed by atoms with Crippen LogP contribution in [0.1, 0.15) is 18.5 Å². The first kappa shape index (κ1) is 22.1. The molecule has 0 radical (unpaired) electrons. The van der Waals surface area contributed by atoms with Gasteiger partial charge in [0, 0.05) is 31.2 Å². The number of carbonyl (C=O) groups excluding carboxylic acids is 2. The largest absolute Gasteiger partial charge is 0.465 e. The summed E-state index contributed by atoms with van der Waals surface area (Å²) in [5.41, 5.74) is 1.22. The second-order valence-electron chi connectivity index (χ2n) is 7.60. The zero-order valence-corrected chi connectivity index (χ0v) is 18.4. The molecule has 4 rings (SSSR count). The molecule has 2 aromatic rings. The highest BCUT2D eigenvalue weighted by Crippen LogP contribution is 2.32. The smallest absolute Gasteiger partial charge is 0.321 e. The summed E-state index contributed by atoms with van der Waals surface area (Å²) in [6.45, 7) is 4.08. The Morgan fingerprint density at radius 1 is 1.16 bits per heavy atom. The standard InChI is InChI=1S/C23H24ClFN4O3/c1-2-32-22(31)19-20(15-6-5-7-16(24)14-15)26-23(27-21(19)30)29-12-10-28(11-13-29)18-9-4-3-8-17(18)25/h3-9,14,19-20H,2,10-13H2,1H3,(H,26,27,30)/t19-,20+/m0/s1. The fourth-order valence-corrected chi connectivity index (χ4v) is 4.22. The number of para-hydroxylation sites is 1. The average molecular weight is 459 g/mol. The number of nitrogens with one attached hydrogen (secondary N) is 1. The van der Waals surface area contributed by atoms with Gasteiger partial charge in [0.2, 0.25) is 11.9 Å². The van der Waals surface area contributed by atoms with Crippen molar-refractivity contribution in [3.8, 4) is 0 Å². The molecular weight excluding hydrogens is 435 g/mol. The highest BCUT2D eigenvalue weighted by molar-refractivity contribution is 6.30. The van der Waals surface area contributed by atoms with Crippen LogP contribution in [-0.4, -0.2) is 55.5 Å². The Balaban J connectivity index is 1.57. The highest BCUT2D eigenvalue weighted by Gasteiger charge is 2.42. The minimum atomic E-state index is -1.10. The lowest BCUT2D eigenvalue weighted by Gasteiger charge is -2.39. The first-order chi connectivity index (χ1) is 15.5. The van der Waals surface area contributed by atoms with E-state index < -0.39 is 23.8 Å². The third kappa shape index (κ3) is 4.55. The van der Waals surface area contributed by atoms with E-state index >= 15 is 0 Å². The van der Waals surface area contributed by atoms with Gasteiger partial charge in [-0.05, 0) is 36.8 Å². The SMILES string of the molecule is CCOC(=O)[C@@H]1C(=O)NC(N2CCN(c3ccccc3F)CC2)=N[C@@H]1c1cccc(Cl)c1. The number of nitrogens with zero attached hydrogens (tertiary/aromatic N) is 3. The quantitative estimate of drug-likeness (QED) is 0.563. The number of ether oxygens (including phenoxy) is 1. The maximum absolute atomic E-state index is 14.1. The van der Waals surface area contributed by atoms with Crippen molar-refractivity contribution < 1.29 is 18.7 Å². The first-order valence-corrected chi connectivity index (χ1v) is 10.9. The third-order valence-corrected chi connectivity index (χ3v) is 5.83. The van der Waals surface area contributed by atoms with E-state index in [4.69, 9.17) is 21.3 Å². The van der Waals surface area contributed by atoms with E-state index in [0.717, 1.165) is 0 Å². The number of amides is 1. The summed E-state index contributed by atoms with van der Waals surface area (Å²) in [6, 6.07) is 12.9. The van der Waals surface area contributed by atoms with Gasteiger partial charge >= 0.3 is 5.97 Å². The zero-order valence-electron chi connectivity index (χ0n) is 17.6. The molecule has 168 valence electrons. The summed E-state index contributed by atoms with van der Waals surface area (Å²) in [5.74, 6) is -2.05. The van der Waals surface area contributed by atoms with Crippen molar-refractivity contribution in [1.29, 1.82) is 0 Å². The van der Waals surface area contributed by atoms with Crippen molar-refractivity contribution in [2.75, 3.05) is 37.7 Å². The number of hydrogen-bond acceptors (Lipinski definition) is 6. The van der Waals surface area contributed by atoms with Crippen LogP contribution in [0.25, 0.3) is 0 Å². The van der Waals surface area contributed by atoms with E-state index in [1.54, 1.807) is 49.4 Å². The molecule has 2 aromatic carbocycles. The van der Waals surface area contributed by atoms with Gasteiger partial charge < -0.3 is 14.5 Å². The number of guanidine groups is 1. The monoisotopic (exact) mass is 458 g/mol. The summed E-state index contributed by atoms with van der Waals surface area (Å²) >= 11 is 6.15. The summed E-state index contributed by atoms with van der Waals surface area (Å²) in [7, 11) is 0. The van der Waals surface area contributed by atoms with Crippen LogP contribution in [0.2, 0.25) is 5.02 Å². The Morgan fingerprint density at radius 3 is 2.56 bits per heavy atom. The van der Waals surface area contributed by atoms with Gasteiger partial charge in [0.05, 0.1) is 12.3 Å². The van der Waals surface area contributed by atoms with Crippen LogP contribution in [0.4, 0.5) is 10.1 Å². The van der Waals surface area contributed by atoms with Gasteiger partial charge in [-0.2, -0.15) is 0 Å². The van der Waals surface area contributed by atoms with Gasteiger partial charge in [0.1, 0.15) is 11.9 Å². The van der Waals surface area contributed by atoms with E-state index in [1.807, 2.05) is 9.80 Å². The highest BCUT2D eigenvalue weighted by atomic mass is 35.5.